The lowest BCUT2D eigenvalue weighted by Crippen LogP contribution is -2.36. The first kappa shape index (κ1) is 28.9. The first-order valence-electron chi connectivity index (χ1n) is 14.5. The Kier molecular flexibility index (Phi) is 7.42. The molecule has 4 N–H and O–H groups in total. The lowest BCUT2D eigenvalue weighted by atomic mass is 10.1. The van der Waals surface area contributed by atoms with Crippen LogP contribution in [0.1, 0.15) is 17.7 Å². The van der Waals surface area contributed by atoms with Crippen molar-refractivity contribution in [3.63, 3.8) is 0 Å². The van der Waals surface area contributed by atoms with E-state index in [1.807, 2.05) is 62.4 Å². The van der Waals surface area contributed by atoms with Gasteiger partial charge < -0.3 is 25.3 Å². The first-order valence-corrected chi connectivity index (χ1v) is 16.0. The summed E-state index contributed by atoms with van der Waals surface area (Å²) >= 11 is 0. The van der Waals surface area contributed by atoms with Gasteiger partial charge in [-0.15, -0.1) is 0 Å². The minimum absolute atomic E-state index is 0.405. The number of aromatic nitrogens is 5. The summed E-state index contributed by atoms with van der Waals surface area (Å²) in [6.07, 6.45) is 4.50. The lowest BCUT2D eigenvalue weighted by molar-refractivity contribution is 0.156. The third-order valence-corrected chi connectivity index (χ3v) is 8.12. The van der Waals surface area contributed by atoms with Crippen molar-refractivity contribution in [2.45, 2.75) is 27.0 Å². The van der Waals surface area contributed by atoms with Crippen LogP contribution in [0.2, 0.25) is 0 Å². The van der Waals surface area contributed by atoms with Gasteiger partial charge in [0.1, 0.15) is 23.9 Å². The predicted octanol–water partition coefficient (Wildman–Crippen LogP) is 6.42. The highest BCUT2D eigenvalue weighted by Gasteiger charge is 2.20. The Labute approximate surface area is 259 Å². The van der Waals surface area contributed by atoms with Gasteiger partial charge in [-0.05, 0) is 80.4 Å². The Bertz CT molecular complexity index is 2090. The van der Waals surface area contributed by atoms with E-state index in [1.54, 1.807) is 12.4 Å². The SMILES string of the molecule is Cc1cccc(Nc2cnc3c(c2)nc(-c2ccc(Nc4cc(C)nc5ccc(N6CCC6)cc45)nc2)n3COP(=O)(O)O)c1. The fourth-order valence-corrected chi connectivity index (χ4v) is 5.67. The number of pyridine rings is 3. The molecule has 0 radical (unpaired) electrons. The second-order valence-corrected chi connectivity index (χ2v) is 12.3. The standard InChI is InChI=1S/C32H31N8O4P/c1-20-5-3-6-23(13-20)36-24-15-29-32(34-18-24)40(19-44-45(41,42)43)31(38-29)22-7-10-30(33-17-22)37-28-14-21(2)35-27-9-8-25(16-26(27)28)39-11-4-12-39/h3,5-10,13-18,36H,4,11-12,19H2,1-2H3,(H,33,35,37)(H2,41,42,43). The molecule has 5 heterocycles. The molecule has 1 aliphatic rings. The Morgan fingerprint density at radius 3 is 2.49 bits per heavy atom. The number of phosphoric acid groups is 1. The number of nitrogens with one attached hydrogen (secondary N) is 2. The van der Waals surface area contributed by atoms with Crippen molar-refractivity contribution in [2.75, 3.05) is 28.6 Å². The van der Waals surface area contributed by atoms with Crippen molar-refractivity contribution in [1.29, 1.82) is 0 Å². The summed E-state index contributed by atoms with van der Waals surface area (Å²) in [7, 11) is -4.76. The van der Waals surface area contributed by atoms with Crippen LogP contribution in [0.4, 0.5) is 28.6 Å². The second-order valence-electron chi connectivity index (χ2n) is 11.1. The number of hydrogen-bond donors (Lipinski definition) is 4. The van der Waals surface area contributed by atoms with E-state index >= 15 is 0 Å². The molecule has 0 spiro atoms. The maximum absolute atomic E-state index is 11.6. The summed E-state index contributed by atoms with van der Waals surface area (Å²) in [6.45, 7) is 5.64. The quantitative estimate of drug-likeness (QED) is 0.132. The van der Waals surface area contributed by atoms with Crippen molar-refractivity contribution in [2.24, 2.45) is 0 Å². The molecule has 7 rings (SSSR count). The number of rotatable bonds is 9. The lowest BCUT2D eigenvalue weighted by Gasteiger charge is -2.33. The molecule has 0 amide bonds. The van der Waals surface area contributed by atoms with E-state index in [0.29, 0.717) is 28.4 Å². The Balaban J connectivity index is 1.21. The summed E-state index contributed by atoms with van der Waals surface area (Å²) in [5.74, 6) is 1.03. The highest BCUT2D eigenvalue weighted by molar-refractivity contribution is 7.46. The number of fused-ring (bicyclic) bond motifs is 2. The van der Waals surface area contributed by atoms with Crippen LogP contribution in [0.25, 0.3) is 33.5 Å². The largest absolute Gasteiger partial charge is 0.471 e. The van der Waals surface area contributed by atoms with E-state index in [9.17, 15) is 14.4 Å². The van der Waals surface area contributed by atoms with E-state index in [4.69, 9.17) is 14.5 Å². The zero-order chi connectivity index (χ0) is 31.1. The van der Waals surface area contributed by atoms with Crippen molar-refractivity contribution in [1.82, 2.24) is 24.5 Å². The van der Waals surface area contributed by atoms with Gasteiger partial charge in [-0.1, -0.05) is 12.1 Å². The van der Waals surface area contributed by atoms with Crippen LogP contribution in [0, 0.1) is 13.8 Å². The van der Waals surface area contributed by atoms with E-state index < -0.39 is 14.6 Å². The van der Waals surface area contributed by atoms with E-state index in [2.05, 4.69) is 43.7 Å². The van der Waals surface area contributed by atoms with Gasteiger partial charge in [0.25, 0.3) is 0 Å². The van der Waals surface area contributed by atoms with Gasteiger partial charge in [-0.3, -0.25) is 14.1 Å². The third-order valence-electron chi connectivity index (χ3n) is 7.67. The minimum Gasteiger partial charge on any atom is -0.371 e. The number of hydrogen-bond acceptors (Lipinski definition) is 9. The molecule has 0 unspecified atom stereocenters. The molecule has 0 aliphatic carbocycles. The normalized spacial score (nSPS) is 13.3. The molecule has 0 bridgehead atoms. The maximum Gasteiger partial charge on any atom is 0.471 e. The molecule has 4 aromatic heterocycles. The zero-order valence-electron chi connectivity index (χ0n) is 24.7. The number of phosphoric ester groups is 1. The predicted molar refractivity (Wildman–Crippen MR) is 175 cm³/mol. The van der Waals surface area contributed by atoms with Crippen LogP contribution < -0.4 is 15.5 Å². The summed E-state index contributed by atoms with van der Waals surface area (Å²) in [5, 5.41) is 7.78. The minimum atomic E-state index is -4.76. The molecule has 1 saturated heterocycles. The van der Waals surface area contributed by atoms with E-state index in [1.165, 1.54) is 16.7 Å². The number of imidazole rings is 1. The molecule has 1 fully saturated rings. The van der Waals surface area contributed by atoms with Gasteiger partial charge in [-0.25, -0.2) is 19.5 Å². The average Bonchev–Trinajstić information content (AvgIpc) is 3.33. The summed E-state index contributed by atoms with van der Waals surface area (Å²) in [5.41, 5.74) is 8.16. The molecule has 6 aromatic rings. The Morgan fingerprint density at radius 1 is 0.889 bits per heavy atom. The van der Waals surface area contributed by atoms with Crippen molar-refractivity contribution < 1.29 is 18.9 Å². The summed E-state index contributed by atoms with van der Waals surface area (Å²) < 4.78 is 18.0. The van der Waals surface area contributed by atoms with Crippen LogP contribution in [-0.2, 0) is 15.8 Å². The van der Waals surface area contributed by atoms with Crippen molar-refractivity contribution >= 4 is 58.5 Å². The molecule has 45 heavy (non-hydrogen) atoms. The zero-order valence-corrected chi connectivity index (χ0v) is 25.6. The molecular weight excluding hydrogens is 591 g/mol. The highest BCUT2D eigenvalue weighted by atomic mass is 31.2. The summed E-state index contributed by atoms with van der Waals surface area (Å²) in [6, 6.07) is 21.8. The number of benzene rings is 2. The smallest absolute Gasteiger partial charge is 0.371 e. The van der Waals surface area contributed by atoms with Gasteiger partial charge in [0.05, 0.1) is 23.1 Å². The monoisotopic (exact) mass is 622 g/mol. The second kappa shape index (κ2) is 11.6. The van der Waals surface area contributed by atoms with Gasteiger partial charge >= 0.3 is 7.82 Å². The van der Waals surface area contributed by atoms with Crippen molar-refractivity contribution in [3.8, 4) is 11.4 Å². The fourth-order valence-electron chi connectivity index (χ4n) is 5.40. The molecule has 0 saturated carbocycles. The van der Waals surface area contributed by atoms with E-state index in [-0.39, 0.29) is 0 Å². The molecule has 13 heteroatoms. The van der Waals surface area contributed by atoms with Crippen LogP contribution in [0.15, 0.2) is 79.1 Å². The van der Waals surface area contributed by atoms with Gasteiger partial charge in [-0.2, -0.15) is 0 Å². The number of nitrogens with zero attached hydrogens (tertiary/aromatic N) is 6. The summed E-state index contributed by atoms with van der Waals surface area (Å²) in [4.78, 5) is 39.8. The number of anilines is 5. The average molecular weight is 623 g/mol. The van der Waals surface area contributed by atoms with Crippen molar-refractivity contribution in [3.05, 3.63) is 90.4 Å². The van der Waals surface area contributed by atoms with Crippen LogP contribution in [0.3, 0.4) is 0 Å². The van der Waals surface area contributed by atoms with E-state index in [0.717, 1.165) is 52.3 Å². The molecule has 2 aromatic carbocycles. The third kappa shape index (κ3) is 6.22. The number of aryl methyl sites for hydroxylation is 2. The maximum atomic E-state index is 11.6. The fraction of sp³-hybridized carbons (Fsp3) is 0.188. The molecular formula is C32H31N8O4P. The Morgan fingerprint density at radius 2 is 1.76 bits per heavy atom. The van der Waals surface area contributed by atoms with Gasteiger partial charge in [0, 0.05) is 47.3 Å². The van der Waals surface area contributed by atoms with Gasteiger partial charge in [0.15, 0.2) is 5.65 Å². The molecule has 0 atom stereocenters. The molecule has 12 nitrogen and oxygen atoms in total. The first-order chi connectivity index (χ1) is 21.7. The molecule has 1 aliphatic heterocycles. The Hall–Kier alpha value is -4.87. The van der Waals surface area contributed by atoms with Crippen LogP contribution >= 0.6 is 7.82 Å². The molecule has 228 valence electrons. The van der Waals surface area contributed by atoms with Crippen LogP contribution in [0.5, 0.6) is 0 Å². The van der Waals surface area contributed by atoms with Gasteiger partial charge in [0.2, 0.25) is 0 Å². The van der Waals surface area contributed by atoms with Crippen LogP contribution in [-0.4, -0.2) is 47.4 Å². The topological polar surface area (TPSA) is 151 Å². The highest BCUT2D eigenvalue weighted by Crippen LogP contribution is 2.38.